The van der Waals surface area contributed by atoms with E-state index in [-0.39, 0.29) is 12.1 Å². The molecule has 170 valence electrons. The molecule has 0 N–H and O–H groups in total. The molecule has 4 nitrogen and oxygen atoms in total. The summed E-state index contributed by atoms with van der Waals surface area (Å²) in [5.41, 5.74) is -1.14. The summed E-state index contributed by atoms with van der Waals surface area (Å²) in [7, 11) is 0. The number of carbonyl (C=O) groups excluding carboxylic acids is 1. The van der Waals surface area contributed by atoms with E-state index in [4.69, 9.17) is 9.47 Å². The Labute approximate surface area is 184 Å². The molecule has 0 aliphatic carbocycles. The zero-order chi connectivity index (χ0) is 22.1. The van der Waals surface area contributed by atoms with Crippen LogP contribution in [0.2, 0.25) is 13.3 Å². The van der Waals surface area contributed by atoms with Gasteiger partial charge in [-0.25, -0.2) is 0 Å². The van der Waals surface area contributed by atoms with Crippen molar-refractivity contribution in [2.45, 2.75) is 125 Å². The maximum atomic E-state index is 12.9. The number of amides is 1. The third-order valence-corrected chi connectivity index (χ3v) is 20.0. The van der Waals surface area contributed by atoms with Crippen molar-refractivity contribution < 1.29 is 14.3 Å². The van der Waals surface area contributed by atoms with Crippen molar-refractivity contribution in [3.05, 3.63) is 10.2 Å². The molecular formula is C24H47NO3Sn. The van der Waals surface area contributed by atoms with Crippen molar-refractivity contribution in [1.29, 1.82) is 0 Å². The van der Waals surface area contributed by atoms with E-state index >= 15 is 0 Å². The number of nitrogens with zero attached hydrogens (tertiary/aromatic N) is 1. The van der Waals surface area contributed by atoms with E-state index in [9.17, 15) is 4.79 Å². The summed E-state index contributed by atoms with van der Waals surface area (Å²) < 4.78 is 18.7. The predicted molar refractivity (Wildman–Crippen MR) is 126 cm³/mol. The summed E-state index contributed by atoms with van der Waals surface area (Å²) in [6.07, 6.45) is 9.90. The van der Waals surface area contributed by atoms with Gasteiger partial charge in [-0.15, -0.1) is 0 Å². The second-order valence-electron chi connectivity index (χ2n) is 10.2. The van der Waals surface area contributed by atoms with Gasteiger partial charge in [0.1, 0.15) is 0 Å². The van der Waals surface area contributed by atoms with E-state index in [1.165, 1.54) is 51.8 Å². The zero-order valence-corrected chi connectivity index (χ0v) is 23.3. The Bertz CT molecular complexity index is 503. The molecule has 0 aromatic carbocycles. The van der Waals surface area contributed by atoms with Gasteiger partial charge in [-0.1, -0.05) is 0 Å². The molecule has 1 heterocycles. The number of carbonyl (C=O) groups is 1. The zero-order valence-electron chi connectivity index (χ0n) is 20.5. The van der Waals surface area contributed by atoms with Crippen LogP contribution in [-0.2, 0) is 9.47 Å². The van der Waals surface area contributed by atoms with E-state index < -0.39 is 29.7 Å². The van der Waals surface area contributed by atoms with Crippen LogP contribution in [0.4, 0.5) is 4.79 Å². The van der Waals surface area contributed by atoms with E-state index in [0.29, 0.717) is 6.61 Å². The van der Waals surface area contributed by atoms with Gasteiger partial charge in [-0.05, 0) is 0 Å². The van der Waals surface area contributed by atoms with Crippen LogP contribution in [0.15, 0.2) is 10.2 Å². The molecule has 1 amide bonds. The van der Waals surface area contributed by atoms with E-state index in [1.807, 2.05) is 39.5 Å². The molecular weight excluding hydrogens is 469 g/mol. The van der Waals surface area contributed by atoms with Gasteiger partial charge in [0.15, 0.2) is 0 Å². The van der Waals surface area contributed by atoms with Crippen LogP contribution >= 0.6 is 0 Å². The average Bonchev–Trinajstić information content (AvgIpc) is 2.93. The molecule has 0 spiro atoms. The fraction of sp³-hybridized carbons (Fsp3) is 0.875. The van der Waals surface area contributed by atoms with Gasteiger partial charge in [-0.3, -0.25) is 0 Å². The van der Waals surface area contributed by atoms with Crippen LogP contribution in [0.5, 0.6) is 0 Å². The van der Waals surface area contributed by atoms with E-state index in [0.717, 1.165) is 0 Å². The van der Waals surface area contributed by atoms with Crippen LogP contribution in [-0.4, -0.2) is 53.3 Å². The van der Waals surface area contributed by atoms with E-state index in [1.54, 1.807) is 0 Å². The normalized spacial score (nSPS) is 19.9. The van der Waals surface area contributed by atoms with E-state index in [2.05, 4.69) is 30.9 Å². The Morgan fingerprint density at radius 1 is 1.07 bits per heavy atom. The van der Waals surface area contributed by atoms with Gasteiger partial charge in [0.05, 0.1) is 0 Å². The third-order valence-electron chi connectivity index (χ3n) is 5.87. The van der Waals surface area contributed by atoms with Crippen molar-refractivity contribution in [2.24, 2.45) is 0 Å². The minimum atomic E-state index is -2.38. The summed E-state index contributed by atoms with van der Waals surface area (Å²) in [5, 5.41) is 0. The molecule has 0 radical (unpaired) electrons. The molecule has 0 bridgehead atoms. The topological polar surface area (TPSA) is 38.8 Å². The fourth-order valence-electron chi connectivity index (χ4n) is 4.17. The second kappa shape index (κ2) is 12.0. The minimum absolute atomic E-state index is 0.0270. The molecule has 0 aromatic heterocycles. The molecule has 0 aromatic rings. The quantitative estimate of drug-likeness (QED) is 0.271. The molecule has 1 saturated heterocycles. The summed E-state index contributed by atoms with van der Waals surface area (Å²) in [6.45, 7) is 17.1. The molecule has 0 unspecified atom stereocenters. The van der Waals surface area contributed by atoms with Gasteiger partial charge in [0.25, 0.3) is 0 Å². The molecule has 1 atom stereocenters. The molecule has 1 aliphatic heterocycles. The van der Waals surface area contributed by atoms with Crippen LogP contribution in [0.25, 0.3) is 0 Å². The maximum absolute atomic E-state index is 12.9. The van der Waals surface area contributed by atoms with Gasteiger partial charge >= 0.3 is 185 Å². The van der Waals surface area contributed by atoms with Gasteiger partial charge in [-0.2, -0.15) is 0 Å². The van der Waals surface area contributed by atoms with Crippen LogP contribution in [0.1, 0.15) is 93.9 Å². The molecule has 1 aliphatic rings. The summed E-state index contributed by atoms with van der Waals surface area (Å²) in [6, 6.07) is -0.0270. The standard InChI is InChI=1S/C12H20NO3.3C4H9.Sn/c1-7-9-8-15-12(5,6)13(9)10(14)16-11(2,3)4;3*1-3-4-2;/h1,7,9H,8H2,2-6H3;3*1,3-4H2,2H3;/t9-;;;;/m1..../s1. The first-order chi connectivity index (χ1) is 13.5. The van der Waals surface area contributed by atoms with Crippen LogP contribution in [0, 0.1) is 0 Å². The third kappa shape index (κ3) is 8.80. The second-order valence-corrected chi connectivity index (χ2v) is 23.2. The summed E-state index contributed by atoms with van der Waals surface area (Å²) in [5.74, 6) is 0. The first-order valence-corrected chi connectivity index (χ1v) is 19.6. The van der Waals surface area contributed by atoms with Crippen molar-refractivity contribution in [2.75, 3.05) is 6.61 Å². The van der Waals surface area contributed by atoms with Crippen molar-refractivity contribution >= 4 is 24.5 Å². The number of hydrogen-bond donors (Lipinski definition) is 0. The first-order valence-electron chi connectivity index (χ1n) is 11.9. The number of unbranched alkanes of at least 4 members (excludes halogenated alkanes) is 3. The Balaban J connectivity index is 3.10. The molecule has 0 saturated carbocycles. The van der Waals surface area contributed by atoms with Crippen molar-refractivity contribution in [1.82, 2.24) is 4.90 Å². The Hall–Kier alpha value is -0.231. The average molecular weight is 516 g/mol. The Morgan fingerprint density at radius 2 is 1.55 bits per heavy atom. The first kappa shape index (κ1) is 26.8. The van der Waals surface area contributed by atoms with Gasteiger partial charge < -0.3 is 0 Å². The SMILES string of the molecule is CCC[CH2][Sn](/[CH]=C/[C@@H]1COC(C)(C)N1C(=O)OC(C)(C)C)([CH2]CCC)[CH2]CCC. The number of hydrogen-bond acceptors (Lipinski definition) is 3. The summed E-state index contributed by atoms with van der Waals surface area (Å²) in [4.78, 5) is 14.7. The Morgan fingerprint density at radius 3 is 1.97 bits per heavy atom. The number of rotatable bonds is 11. The fourth-order valence-corrected chi connectivity index (χ4v) is 18.6. The van der Waals surface area contributed by atoms with Crippen molar-refractivity contribution in [3.63, 3.8) is 0 Å². The monoisotopic (exact) mass is 517 g/mol. The molecule has 5 heteroatoms. The molecule has 1 rings (SSSR count). The number of ether oxygens (including phenoxy) is 2. The Kier molecular flexibility index (Phi) is 11.1. The van der Waals surface area contributed by atoms with Crippen LogP contribution < -0.4 is 0 Å². The molecule has 1 fully saturated rings. The van der Waals surface area contributed by atoms with Gasteiger partial charge in [0.2, 0.25) is 0 Å². The predicted octanol–water partition coefficient (Wildman–Crippen LogP) is 7.30. The molecule has 29 heavy (non-hydrogen) atoms. The van der Waals surface area contributed by atoms with Crippen molar-refractivity contribution in [3.8, 4) is 0 Å². The van der Waals surface area contributed by atoms with Gasteiger partial charge in [0, 0.05) is 0 Å². The summed E-state index contributed by atoms with van der Waals surface area (Å²) >= 11 is -2.38. The van der Waals surface area contributed by atoms with Crippen LogP contribution in [0.3, 0.4) is 0 Å².